The van der Waals surface area contributed by atoms with E-state index in [-0.39, 0.29) is 11.3 Å². The molecule has 3 nitrogen and oxygen atoms in total. The molecule has 0 unspecified atom stereocenters. The quantitative estimate of drug-likeness (QED) is 0.894. The van der Waals surface area contributed by atoms with Gasteiger partial charge in [-0.2, -0.15) is 0 Å². The highest BCUT2D eigenvalue weighted by atomic mass is 32.1. The van der Waals surface area contributed by atoms with Gasteiger partial charge in [0.05, 0.1) is 11.2 Å². The third kappa shape index (κ3) is 2.69. The van der Waals surface area contributed by atoms with Crippen LogP contribution < -0.4 is 5.32 Å². The number of thiazole rings is 1. The molecule has 0 aromatic carbocycles. The zero-order chi connectivity index (χ0) is 13.3. The second kappa shape index (κ2) is 5.23. The Bertz CT molecular complexity index is 458. The van der Waals surface area contributed by atoms with Gasteiger partial charge in [-0.05, 0) is 25.7 Å². The van der Waals surface area contributed by atoms with Crippen molar-refractivity contribution < 1.29 is 4.79 Å². The van der Waals surface area contributed by atoms with Crippen LogP contribution in [0.5, 0.6) is 0 Å². The lowest BCUT2D eigenvalue weighted by atomic mass is 9.70. The van der Waals surface area contributed by atoms with Crippen LogP contribution in [0.25, 0.3) is 0 Å². The highest BCUT2D eigenvalue weighted by molar-refractivity contribution is 7.15. The summed E-state index contributed by atoms with van der Waals surface area (Å²) in [5, 5.41) is 5.21. The van der Waals surface area contributed by atoms with Gasteiger partial charge in [0.1, 0.15) is 5.00 Å². The van der Waals surface area contributed by atoms with Crippen LogP contribution in [0.1, 0.15) is 69.2 Å². The Morgan fingerprint density at radius 1 is 1.32 bits per heavy atom. The molecule has 1 aromatic rings. The van der Waals surface area contributed by atoms with Crippen LogP contribution in [0.2, 0.25) is 0 Å². The summed E-state index contributed by atoms with van der Waals surface area (Å²) in [5.74, 6) is 0.807. The van der Waals surface area contributed by atoms with Crippen molar-refractivity contribution in [1.29, 1.82) is 0 Å². The van der Waals surface area contributed by atoms with Gasteiger partial charge in [0.15, 0.2) is 0 Å². The summed E-state index contributed by atoms with van der Waals surface area (Å²) >= 11 is 1.68. The van der Waals surface area contributed by atoms with Gasteiger partial charge in [-0.1, -0.05) is 32.6 Å². The fourth-order valence-electron chi connectivity index (χ4n) is 3.08. The summed E-state index contributed by atoms with van der Waals surface area (Å²) < 4.78 is 0. The number of anilines is 1. The minimum atomic E-state index is -0.130. The number of hydrogen-bond donors (Lipinski definition) is 1. The summed E-state index contributed by atoms with van der Waals surface area (Å²) in [6.07, 6.45) is 11.6. The lowest BCUT2D eigenvalue weighted by molar-refractivity contribution is -0.128. The predicted octanol–water partition coefficient (Wildman–Crippen LogP) is 4.32. The molecular formula is C15H22N2OS. The molecule has 0 spiro atoms. The third-order valence-corrected chi connectivity index (χ3v) is 5.80. The fraction of sp³-hybridized carbons (Fsp3) is 0.733. The molecular weight excluding hydrogens is 256 g/mol. The molecule has 2 aliphatic carbocycles. The van der Waals surface area contributed by atoms with Gasteiger partial charge in [-0.15, -0.1) is 11.3 Å². The largest absolute Gasteiger partial charge is 0.316 e. The van der Waals surface area contributed by atoms with Crippen LogP contribution in [0.4, 0.5) is 5.00 Å². The molecule has 1 heterocycles. The van der Waals surface area contributed by atoms with E-state index in [1.165, 1.54) is 43.5 Å². The van der Waals surface area contributed by atoms with Gasteiger partial charge in [0.2, 0.25) is 5.91 Å². The molecule has 0 atom stereocenters. The van der Waals surface area contributed by atoms with Crippen molar-refractivity contribution in [1.82, 2.24) is 4.98 Å². The van der Waals surface area contributed by atoms with Crippen molar-refractivity contribution in [3.8, 4) is 0 Å². The summed E-state index contributed by atoms with van der Waals surface area (Å²) in [6.45, 7) is 2.06. The number of nitrogens with one attached hydrogen (secondary N) is 1. The van der Waals surface area contributed by atoms with Gasteiger partial charge in [0.25, 0.3) is 0 Å². The van der Waals surface area contributed by atoms with Crippen molar-refractivity contribution in [3.05, 3.63) is 11.2 Å². The summed E-state index contributed by atoms with van der Waals surface area (Å²) in [4.78, 5) is 16.7. The molecule has 0 aliphatic heterocycles. The molecule has 104 valence electrons. The first-order valence-corrected chi connectivity index (χ1v) is 8.26. The Hall–Kier alpha value is -0.900. The number of carbonyl (C=O) groups is 1. The zero-order valence-corrected chi connectivity index (χ0v) is 12.4. The minimum Gasteiger partial charge on any atom is -0.316 e. The summed E-state index contributed by atoms with van der Waals surface area (Å²) in [7, 11) is 0. The van der Waals surface area contributed by atoms with E-state index in [1.54, 1.807) is 11.3 Å². The van der Waals surface area contributed by atoms with Crippen LogP contribution in [0, 0.1) is 5.41 Å². The average Bonchev–Trinajstić information content (AvgIpc) is 2.85. The van der Waals surface area contributed by atoms with E-state index in [9.17, 15) is 4.79 Å². The normalized spacial score (nSPS) is 22.8. The number of nitrogens with zero attached hydrogens (tertiary/aromatic N) is 1. The van der Waals surface area contributed by atoms with Gasteiger partial charge in [0, 0.05) is 11.3 Å². The molecule has 2 fully saturated rings. The molecule has 2 aliphatic rings. The van der Waals surface area contributed by atoms with E-state index in [0.717, 1.165) is 17.8 Å². The Balaban J connectivity index is 1.62. The van der Waals surface area contributed by atoms with Crippen molar-refractivity contribution >= 4 is 22.2 Å². The van der Waals surface area contributed by atoms with Crippen molar-refractivity contribution in [3.63, 3.8) is 0 Å². The van der Waals surface area contributed by atoms with E-state index in [1.807, 2.05) is 6.20 Å². The van der Waals surface area contributed by atoms with Gasteiger partial charge >= 0.3 is 0 Å². The van der Waals surface area contributed by atoms with E-state index >= 15 is 0 Å². The number of carbonyl (C=O) groups excluding carboxylic acids is 1. The molecule has 1 amide bonds. The van der Waals surface area contributed by atoms with E-state index in [0.29, 0.717) is 5.92 Å². The molecule has 4 heteroatoms. The van der Waals surface area contributed by atoms with Crippen LogP contribution in [0.15, 0.2) is 6.20 Å². The number of hydrogen-bond acceptors (Lipinski definition) is 3. The average molecular weight is 278 g/mol. The molecule has 3 rings (SSSR count). The topological polar surface area (TPSA) is 42.0 Å². The van der Waals surface area contributed by atoms with E-state index in [2.05, 4.69) is 17.2 Å². The first kappa shape index (κ1) is 13.1. The number of aromatic nitrogens is 1. The van der Waals surface area contributed by atoms with Gasteiger partial charge < -0.3 is 5.32 Å². The molecule has 1 aromatic heterocycles. The summed E-state index contributed by atoms with van der Waals surface area (Å²) in [6, 6.07) is 0. The monoisotopic (exact) mass is 278 g/mol. The highest BCUT2D eigenvalue weighted by Gasteiger charge is 2.39. The SMILES string of the molecule is CC1(C(=O)Nc2cnc(C3CCCCC3)s2)CCC1. The molecule has 0 radical (unpaired) electrons. The second-order valence-electron chi connectivity index (χ2n) is 6.27. The number of amides is 1. The first-order valence-electron chi connectivity index (χ1n) is 7.45. The fourth-order valence-corrected chi connectivity index (χ4v) is 4.06. The predicted molar refractivity (Wildman–Crippen MR) is 78.5 cm³/mol. The molecule has 0 bridgehead atoms. The Morgan fingerprint density at radius 2 is 2.05 bits per heavy atom. The van der Waals surface area contributed by atoms with E-state index < -0.39 is 0 Å². The van der Waals surface area contributed by atoms with Crippen molar-refractivity contribution in [2.24, 2.45) is 5.41 Å². The Kier molecular flexibility index (Phi) is 3.61. The van der Waals surface area contributed by atoms with Gasteiger partial charge in [-0.3, -0.25) is 4.79 Å². The second-order valence-corrected chi connectivity index (χ2v) is 7.33. The van der Waals surface area contributed by atoms with Crippen LogP contribution >= 0.6 is 11.3 Å². The van der Waals surface area contributed by atoms with Crippen molar-refractivity contribution in [2.75, 3.05) is 5.32 Å². The Morgan fingerprint density at radius 3 is 2.68 bits per heavy atom. The smallest absolute Gasteiger partial charge is 0.230 e. The molecule has 2 saturated carbocycles. The van der Waals surface area contributed by atoms with Crippen LogP contribution in [-0.2, 0) is 4.79 Å². The van der Waals surface area contributed by atoms with Crippen LogP contribution in [-0.4, -0.2) is 10.9 Å². The Labute approximate surface area is 118 Å². The summed E-state index contributed by atoms with van der Waals surface area (Å²) in [5.41, 5.74) is -0.130. The van der Waals surface area contributed by atoms with Crippen LogP contribution in [0.3, 0.4) is 0 Å². The van der Waals surface area contributed by atoms with Gasteiger partial charge in [-0.25, -0.2) is 4.98 Å². The number of rotatable bonds is 3. The maximum Gasteiger partial charge on any atom is 0.230 e. The minimum absolute atomic E-state index is 0.130. The maximum absolute atomic E-state index is 12.2. The molecule has 19 heavy (non-hydrogen) atoms. The standard InChI is InChI=1S/C15H22N2OS/c1-15(8-5-9-15)14(18)17-12-10-16-13(19-12)11-6-3-2-4-7-11/h10-11H,2-9H2,1H3,(H,17,18). The highest BCUT2D eigenvalue weighted by Crippen LogP contribution is 2.42. The zero-order valence-electron chi connectivity index (χ0n) is 11.6. The van der Waals surface area contributed by atoms with Crippen molar-refractivity contribution in [2.45, 2.75) is 64.2 Å². The molecule has 1 N–H and O–H groups in total. The molecule has 0 saturated heterocycles. The maximum atomic E-state index is 12.2. The lowest BCUT2D eigenvalue weighted by Gasteiger charge is -2.36. The lowest BCUT2D eigenvalue weighted by Crippen LogP contribution is -2.38. The van der Waals surface area contributed by atoms with E-state index in [4.69, 9.17) is 0 Å². The first-order chi connectivity index (χ1) is 9.17. The third-order valence-electron chi connectivity index (χ3n) is 4.72.